The Morgan fingerprint density at radius 2 is 2.17 bits per heavy atom. The summed E-state index contributed by atoms with van der Waals surface area (Å²) in [5.74, 6) is 0. The fourth-order valence-corrected chi connectivity index (χ4v) is 0.767. The molecule has 0 radical (unpaired) electrons. The zero-order chi connectivity index (χ0) is 9.35. The lowest BCUT2D eigenvalue weighted by Gasteiger charge is -2.12. The van der Waals surface area contributed by atoms with Crippen LogP contribution in [0.1, 0.15) is 11.7 Å². The summed E-state index contributed by atoms with van der Waals surface area (Å²) in [6.07, 6.45) is -3.00. The van der Waals surface area contributed by atoms with Gasteiger partial charge in [-0.2, -0.15) is 18.3 Å². The SMILES string of the molecule is Cn1ccc(C(N)C(F)(F)F)n1. The number of halogens is 3. The van der Waals surface area contributed by atoms with E-state index in [9.17, 15) is 13.2 Å². The summed E-state index contributed by atoms with van der Waals surface area (Å²) in [6, 6.07) is -0.739. The minimum Gasteiger partial charge on any atom is -0.315 e. The zero-order valence-electron chi connectivity index (χ0n) is 6.34. The van der Waals surface area contributed by atoms with Gasteiger partial charge in [-0.1, -0.05) is 0 Å². The van der Waals surface area contributed by atoms with E-state index in [2.05, 4.69) is 5.10 Å². The van der Waals surface area contributed by atoms with Gasteiger partial charge in [0.1, 0.15) is 6.04 Å². The van der Waals surface area contributed by atoms with Crippen LogP contribution in [0.4, 0.5) is 13.2 Å². The molecule has 1 aromatic rings. The number of aromatic nitrogens is 2. The molecular weight excluding hydrogens is 171 g/mol. The number of hydrogen-bond acceptors (Lipinski definition) is 2. The molecule has 3 nitrogen and oxygen atoms in total. The largest absolute Gasteiger partial charge is 0.409 e. The number of nitrogens with two attached hydrogens (primary N) is 1. The number of aryl methyl sites for hydroxylation is 1. The summed E-state index contributed by atoms with van der Waals surface area (Å²) in [7, 11) is 1.53. The van der Waals surface area contributed by atoms with E-state index in [-0.39, 0.29) is 5.69 Å². The monoisotopic (exact) mass is 179 g/mol. The molecule has 1 unspecified atom stereocenters. The molecule has 0 spiro atoms. The molecule has 0 aliphatic heterocycles. The highest BCUT2D eigenvalue weighted by molar-refractivity contribution is 5.06. The highest BCUT2D eigenvalue weighted by Gasteiger charge is 2.39. The molecule has 1 rings (SSSR count). The summed E-state index contributed by atoms with van der Waals surface area (Å²) in [5, 5.41) is 3.55. The van der Waals surface area contributed by atoms with Gasteiger partial charge in [0.15, 0.2) is 0 Å². The molecule has 0 saturated carbocycles. The summed E-state index contributed by atoms with van der Waals surface area (Å²) in [5.41, 5.74) is 4.72. The van der Waals surface area contributed by atoms with Crippen LogP contribution in [-0.4, -0.2) is 16.0 Å². The molecule has 0 aliphatic carbocycles. The van der Waals surface area contributed by atoms with Gasteiger partial charge in [0.2, 0.25) is 0 Å². The molecular formula is C6H8F3N3. The third-order valence-corrected chi connectivity index (χ3v) is 1.41. The molecule has 2 N–H and O–H groups in total. The first-order chi connectivity index (χ1) is 5.41. The standard InChI is InChI=1S/C6H8F3N3/c1-12-3-2-4(11-12)5(10)6(7,8)9/h2-3,5H,10H2,1H3. The van der Waals surface area contributed by atoms with E-state index in [1.165, 1.54) is 24.0 Å². The molecule has 0 amide bonds. The highest BCUT2D eigenvalue weighted by Crippen LogP contribution is 2.28. The number of rotatable bonds is 1. The lowest BCUT2D eigenvalue weighted by molar-refractivity contribution is -0.150. The summed E-state index contributed by atoms with van der Waals surface area (Å²) in [4.78, 5) is 0. The molecule has 1 atom stereocenters. The van der Waals surface area contributed by atoms with Crippen LogP contribution in [0, 0.1) is 0 Å². The first kappa shape index (κ1) is 9.05. The van der Waals surface area contributed by atoms with Gasteiger partial charge in [-0.3, -0.25) is 4.68 Å². The highest BCUT2D eigenvalue weighted by atomic mass is 19.4. The Kier molecular flexibility index (Phi) is 2.10. The van der Waals surface area contributed by atoms with Crippen LogP contribution in [0.5, 0.6) is 0 Å². The smallest absolute Gasteiger partial charge is 0.315 e. The second-order valence-electron chi connectivity index (χ2n) is 2.43. The van der Waals surface area contributed by atoms with Crippen LogP contribution in [0.25, 0.3) is 0 Å². The van der Waals surface area contributed by atoms with Crippen LogP contribution < -0.4 is 5.73 Å². The van der Waals surface area contributed by atoms with Crippen molar-refractivity contribution in [3.63, 3.8) is 0 Å². The first-order valence-electron chi connectivity index (χ1n) is 3.23. The van der Waals surface area contributed by atoms with Gasteiger partial charge in [0.25, 0.3) is 0 Å². The van der Waals surface area contributed by atoms with Gasteiger partial charge in [-0.05, 0) is 6.07 Å². The van der Waals surface area contributed by atoms with E-state index in [1.807, 2.05) is 0 Å². The number of hydrogen-bond donors (Lipinski definition) is 1. The number of alkyl halides is 3. The van der Waals surface area contributed by atoms with Crippen molar-refractivity contribution in [1.29, 1.82) is 0 Å². The van der Waals surface area contributed by atoms with Crippen LogP contribution in [0.15, 0.2) is 12.3 Å². The van der Waals surface area contributed by atoms with Crippen molar-refractivity contribution in [3.8, 4) is 0 Å². The molecule has 0 aromatic carbocycles. The van der Waals surface area contributed by atoms with Gasteiger partial charge < -0.3 is 5.73 Å². The third kappa shape index (κ3) is 1.76. The van der Waals surface area contributed by atoms with Crippen LogP contribution >= 0.6 is 0 Å². The van der Waals surface area contributed by atoms with Gasteiger partial charge in [-0.15, -0.1) is 0 Å². The maximum Gasteiger partial charge on any atom is 0.409 e. The predicted octanol–water partition coefficient (Wildman–Crippen LogP) is 0.982. The van der Waals surface area contributed by atoms with Crippen molar-refractivity contribution in [2.75, 3.05) is 0 Å². The Morgan fingerprint density at radius 3 is 2.50 bits per heavy atom. The Morgan fingerprint density at radius 1 is 1.58 bits per heavy atom. The average Bonchev–Trinajstić information content (AvgIpc) is 2.32. The minimum atomic E-state index is -4.42. The van der Waals surface area contributed by atoms with E-state index in [0.29, 0.717) is 0 Å². The second kappa shape index (κ2) is 2.78. The summed E-state index contributed by atoms with van der Waals surface area (Å²) < 4.78 is 37.2. The molecule has 68 valence electrons. The Bertz CT molecular complexity index is 265. The number of nitrogens with zero attached hydrogens (tertiary/aromatic N) is 2. The quantitative estimate of drug-likeness (QED) is 0.698. The van der Waals surface area contributed by atoms with Gasteiger partial charge in [-0.25, -0.2) is 0 Å². The molecule has 6 heteroatoms. The molecule has 0 aliphatic rings. The topological polar surface area (TPSA) is 43.8 Å². The first-order valence-corrected chi connectivity index (χ1v) is 3.23. The zero-order valence-corrected chi connectivity index (χ0v) is 6.34. The van der Waals surface area contributed by atoms with Crippen LogP contribution in [0.2, 0.25) is 0 Å². The molecule has 0 bridgehead atoms. The third-order valence-electron chi connectivity index (χ3n) is 1.41. The maximum atomic E-state index is 12.0. The van der Waals surface area contributed by atoms with Gasteiger partial charge >= 0.3 is 6.18 Å². The van der Waals surface area contributed by atoms with Crippen molar-refractivity contribution >= 4 is 0 Å². The molecule has 1 heterocycles. The van der Waals surface area contributed by atoms with Gasteiger partial charge in [0, 0.05) is 13.2 Å². The van der Waals surface area contributed by atoms with E-state index in [1.54, 1.807) is 0 Å². The summed E-state index contributed by atoms with van der Waals surface area (Å²) in [6.45, 7) is 0. The maximum absolute atomic E-state index is 12.0. The van der Waals surface area contributed by atoms with Crippen LogP contribution in [0.3, 0.4) is 0 Å². The van der Waals surface area contributed by atoms with Crippen molar-refractivity contribution in [1.82, 2.24) is 9.78 Å². The molecule has 1 aromatic heterocycles. The lowest BCUT2D eigenvalue weighted by Crippen LogP contribution is -2.28. The van der Waals surface area contributed by atoms with Crippen molar-refractivity contribution in [2.24, 2.45) is 12.8 Å². The van der Waals surface area contributed by atoms with E-state index >= 15 is 0 Å². The molecule has 0 saturated heterocycles. The van der Waals surface area contributed by atoms with E-state index in [4.69, 9.17) is 5.73 Å². The van der Waals surface area contributed by atoms with Crippen LogP contribution in [-0.2, 0) is 7.05 Å². The fourth-order valence-electron chi connectivity index (χ4n) is 0.767. The Balaban J connectivity index is 2.85. The second-order valence-corrected chi connectivity index (χ2v) is 2.43. The molecule has 12 heavy (non-hydrogen) atoms. The van der Waals surface area contributed by atoms with E-state index < -0.39 is 12.2 Å². The van der Waals surface area contributed by atoms with E-state index in [0.717, 1.165) is 0 Å². The summed E-state index contributed by atoms with van der Waals surface area (Å²) >= 11 is 0. The lowest BCUT2D eigenvalue weighted by atomic mass is 10.2. The van der Waals surface area contributed by atoms with Crippen molar-refractivity contribution in [2.45, 2.75) is 12.2 Å². The van der Waals surface area contributed by atoms with Crippen molar-refractivity contribution in [3.05, 3.63) is 18.0 Å². The minimum absolute atomic E-state index is 0.162. The average molecular weight is 179 g/mol. The Labute approximate surface area is 67.0 Å². The fraction of sp³-hybridized carbons (Fsp3) is 0.500. The predicted molar refractivity (Wildman–Crippen MR) is 36.2 cm³/mol. The van der Waals surface area contributed by atoms with Crippen molar-refractivity contribution < 1.29 is 13.2 Å². The normalized spacial score (nSPS) is 14.8. The Hall–Kier alpha value is -1.04. The molecule has 0 fully saturated rings. The van der Waals surface area contributed by atoms with Gasteiger partial charge in [0.05, 0.1) is 5.69 Å².